The maximum absolute atomic E-state index is 13.9. The normalized spacial score (nSPS) is 10.6. The second-order valence-electron chi connectivity index (χ2n) is 5.48. The first-order valence-electron chi connectivity index (χ1n) is 7.38. The van der Waals surface area contributed by atoms with Crippen molar-refractivity contribution in [1.29, 1.82) is 0 Å². The maximum Gasteiger partial charge on any atom is 0.259 e. The number of amides is 1. The molecule has 1 amide bonds. The number of aryl methyl sites for hydroxylation is 1. The van der Waals surface area contributed by atoms with Crippen molar-refractivity contribution in [2.45, 2.75) is 13.8 Å². The first-order chi connectivity index (χ1) is 11.5. The second kappa shape index (κ2) is 6.16. The van der Waals surface area contributed by atoms with E-state index in [1.807, 2.05) is 6.92 Å². The van der Waals surface area contributed by atoms with E-state index in [0.29, 0.717) is 16.9 Å². The zero-order valence-electron chi connectivity index (χ0n) is 13.2. The van der Waals surface area contributed by atoms with E-state index < -0.39 is 11.7 Å². The number of hydrogen-bond donors (Lipinski definition) is 2. The summed E-state index contributed by atoms with van der Waals surface area (Å²) in [6, 6.07) is 11.2. The highest BCUT2D eigenvalue weighted by Gasteiger charge is 2.17. The van der Waals surface area contributed by atoms with E-state index in [0.717, 1.165) is 5.56 Å². The summed E-state index contributed by atoms with van der Waals surface area (Å²) in [7, 11) is 0. The highest BCUT2D eigenvalue weighted by atomic mass is 19.1. The number of para-hydroxylation sites is 1. The summed E-state index contributed by atoms with van der Waals surface area (Å²) in [5, 5.41) is 16.6. The zero-order valence-corrected chi connectivity index (χ0v) is 13.2. The van der Waals surface area contributed by atoms with Crippen LogP contribution in [0.25, 0.3) is 5.69 Å². The Balaban J connectivity index is 1.91. The van der Waals surface area contributed by atoms with Gasteiger partial charge in [0.2, 0.25) is 0 Å². The maximum atomic E-state index is 13.9. The van der Waals surface area contributed by atoms with Crippen molar-refractivity contribution in [3.05, 3.63) is 71.3 Å². The number of aromatic hydroxyl groups is 1. The molecule has 0 saturated heterocycles. The Morgan fingerprint density at radius 1 is 1.21 bits per heavy atom. The fourth-order valence-corrected chi connectivity index (χ4v) is 2.44. The Morgan fingerprint density at radius 2 is 1.96 bits per heavy atom. The Labute approximate surface area is 138 Å². The van der Waals surface area contributed by atoms with Gasteiger partial charge in [0.05, 0.1) is 23.1 Å². The Kier molecular flexibility index (Phi) is 4.04. The van der Waals surface area contributed by atoms with Gasteiger partial charge in [-0.05, 0) is 43.7 Å². The summed E-state index contributed by atoms with van der Waals surface area (Å²) in [6.45, 7) is 3.53. The molecule has 0 aliphatic carbocycles. The highest BCUT2D eigenvalue weighted by Crippen LogP contribution is 2.25. The van der Waals surface area contributed by atoms with Gasteiger partial charge in [-0.1, -0.05) is 18.2 Å². The van der Waals surface area contributed by atoms with Crippen molar-refractivity contribution in [2.75, 3.05) is 5.32 Å². The summed E-state index contributed by atoms with van der Waals surface area (Å²) in [6.07, 6.45) is 1.38. The summed E-state index contributed by atoms with van der Waals surface area (Å²) >= 11 is 0. The van der Waals surface area contributed by atoms with Gasteiger partial charge in [-0.15, -0.1) is 0 Å². The molecule has 3 rings (SSSR count). The van der Waals surface area contributed by atoms with Gasteiger partial charge < -0.3 is 10.4 Å². The molecule has 2 N–H and O–H groups in total. The molecule has 2 aromatic carbocycles. The summed E-state index contributed by atoms with van der Waals surface area (Å²) in [5.74, 6) is -0.858. The first kappa shape index (κ1) is 15.7. The predicted octanol–water partition coefficient (Wildman–Crippen LogP) is 3.59. The van der Waals surface area contributed by atoms with Gasteiger partial charge in [-0.2, -0.15) is 5.10 Å². The Hall–Kier alpha value is -3.15. The lowest BCUT2D eigenvalue weighted by Crippen LogP contribution is -2.13. The van der Waals surface area contributed by atoms with Gasteiger partial charge in [0.15, 0.2) is 0 Å². The van der Waals surface area contributed by atoms with Crippen LogP contribution in [0.2, 0.25) is 0 Å². The van der Waals surface area contributed by atoms with E-state index in [4.69, 9.17) is 0 Å². The molecule has 0 fully saturated rings. The largest absolute Gasteiger partial charge is 0.506 e. The van der Waals surface area contributed by atoms with Crippen LogP contribution in [-0.2, 0) is 0 Å². The number of phenols is 1. The summed E-state index contributed by atoms with van der Waals surface area (Å²) in [5.41, 5.74) is 2.27. The molecule has 24 heavy (non-hydrogen) atoms. The molecule has 1 heterocycles. The fraction of sp³-hybridized carbons (Fsp3) is 0.111. The SMILES string of the molecule is Cc1ccc(NC(=O)c2cnn(-c3ccccc3F)c2C)c(O)c1. The van der Waals surface area contributed by atoms with Gasteiger partial charge in [0.25, 0.3) is 5.91 Å². The molecule has 122 valence electrons. The molecule has 1 aromatic heterocycles. The monoisotopic (exact) mass is 325 g/mol. The second-order valence-corrected chi connectivity index (χ2v) is 5.48. The standard InChI is InChI=1S/C18H16FN3O2/c1-11-7-8-15(17(23)9-11)21-18(24)13-10-20-22(12(13)2)16-6-4-3-5-14(16)19/h3-10,23H,1-2H3,(H,21,24). The molecule has 0 unspecified atom stereocenters. The zero-order chi connectivity index (χ0) is 17.3. The molecule has 0 spiro atoms. The number of halogens is 1. The highest BCUT2D eigenvalue weighted by molar-refractivity contribution is 6.05. The summed E-state index contributed by atoms with van der Waals surface area (Å²) < 4.78 is 15.3. The Morgan fingerprint density at radius 3 is 2.67 bits per heavy atom. The molecule has 5 nitrogen and oxygen atoms in total. The van der Waals surface area contributed by atoms with E-state index in [9.17, 15) is 14.3 Å². The quantitative estimate of drug-likeness (QED) is 0.723. The van der Waals surface area contributed by atoms with E-state index in [1.165, 1.54) is 16.9 Å². The number of carbonyl (C=O) groups excluding carboxylic acids is 1. The number of nitrogens with zero attached hydrogens (tertiary/aromatic N) is 2. The van der Waals surface area contributed by atoms with Crippen molar-refractivity contribution in [1.82, 2.24) is 9.78 Å². The van der Waals surface area contributed by atoms with Crippen LogP contribution in [0, 0.1) is 19.7 Å². The number of aromatic nitrogens is 2. The molecule has 0 aliphatic heterocycles. The van der Waals surface area contributed by atoms with Gasteiger partial charge in [0, 0.05) is 0 Å². The predicted molar refractivity (Wildman–Crippen MR) is 89.1 cm³/mol. The molecule has 0 saturated carbocycles. The van der Waals surface area contributed by atoms with Crippen LogP contribution in [0.4, 0.5) is 10.1 Å². The van der Waals surface area contributed by atoms with Gasteiger partial charge in [0.1, 0.15) is 17.3 Å². The minimum Gasteiger partial charge on any atom is -0.506 e. The molecule has 0 atom stereocenters. The molecule has 0 radical (unpaired) electrons. The van der Waals surface area contributed by atoms with Crippen LogP contribution in [0.1, 0.15) is 21.6 Å². The molecule has 0 aliphatic rings. The van der Waals surface area contributed by atoms with Crippen molar-refractivity contribution >= 4 is 11.6 Å². The number of benzene rings is 2. The van der Waals surface area contributed by atoms with Crippen molar-refractivity contribution < 1.29 is 14.3 Å². The average molecular weight is 325 g/mol. The van der Waals surface area contributed by atoms with Gasteiger partial charge in [-0.3, -0.25) is 4.79 Å². The van der Waals surface area contributed by atoms with E-state index in [-0.39, 0.29) is 11.4 Å². The van der Waals surface area contributed by atoms with E-state index in [2.05, 4.69) is 10.4 Å². The number of hydrogen-bond acceptors (Lipinski definition) is 3. The van der Waals surface area contributed by atoms with Crippen LogP contribution >= 0.6 is 0 Å². The summed E-state index contributed by atoms with van der Waals surface area (Å²) in [4.78, 5) is 12.4. The van der Waals surface area contributed by atoms with Gasteiger partial charge >= 0.3 is 0 Å². The van der Waals surface area contributed by atoms with Crippen molar-refractivity contribution in [3.8, 4) is 11.4 Å². The lowest BCUT2D eigenvalue weighted by Gasteiger charge is -2.09. The van der Waals surface area contributed by atoms with E-state index >= 15 is 0 Å². The number of nitrogens with one attached hydrogen (secondary N) is 1. The minimum absolute atomic E-state index is 0.0116. The molecular weight excluding hydrogens is 309 g/mol. The van der Waals surface area contributed by atoms with Crippen LogP contribution in [-0.4, -0.2) is 20.8 Å². The third-order valence-electron chi connectivity index (χ3n) is 3.74. The van der Waals surface area contributed by atoms with Crippen LogP contribution in [0.5, 0.6) is 5.75 Å². The topological polar surface area (TPSA) is 67.2 Å². The van der Waals surface area contributed by atoms with Crippen molar-refractivity contribution in [2.24, 2.45) is 0 Å². The lowest BCUT2D eigenvalue weighted by atomic mass is 10.2. The molecule has 0 bridgehead atoms. The van der Waals surface area contributed by atoms with Crippen LogP contribution in [0.3, 0.4) is 0 Å². The number of phenolic OH excluding ortho intramolecular Hbond substituents is 1. The molecule has 3 aromatic rings. The molecule has 6 heteroatoms. The van der Waals surface area contributed by atoms with Crippen LogP contribution < -0.4 is 5.32 Å². The number of carbonyl (C=O) groups is 1. The smallest absolute Gasteiger partial charge is 0.259 e. The van der Waals surface area contributed by atoms with Crippen LogP contribution in [0.15, 0.2) is 48.7 Å². The lowest BCUT2D eigenvalue weighted by molar-refractivity contribution is 0.102. The van der Waals surface area contributed by atoms with E-state index in [1.54, 1.807) is 43.3 Å². The third-order valence-corrected chi connectivity index (χ3v) is 3.74. The third kappa shape index (κ3) is 2.86. The Bertz CT molecular complexity index is 918. The minimum atomic E-state index is -0.424. The van der Waals surface area contributed by atoms with Gasteiger partial charge in [-0.25, -0.2) is 9.07 Å². The number of rotatable bonds is 3. The first-order valence-corrected chi connectivity index (χ1v) is 7.38. The number of anilines is 1. The average Bonchev–Trinajstić information content (AvgIpc) is 2.92. The fourth-order valence-electron chi connectivity index (χ4n) is 2.44. The molecular formula is C18H16FN3O2. The van der Waals surface area contributed by atoms with Crippen molar-refractivity contribution in [3.63, 3.8) is 0 Å².